The highest BCUT2D eigenvalue weighted by Crippen LogP contribution is 2.36. The maximum absolute atomic E-state index is 13.6. The van der Waals surface area contributed by atoms with Crippen LogP contribution in [0.15, 0.2) is 0 Å². The first-order valence-electron chi connectivity index (χ1n) is 31.8. The molecule has 19 atom stereocenters. The van der Waals surface area contributed by atoms with Crippen LogP contribution in [0.5, 0.6) is 0 Å². The predicted molar refractivity (Wildman–Crippen MR) is 303 cm³/mol. The van der Waals surface area contributed by atoms with Crippen LogP contribution in [-0.4, -0.2) is 215 Å². The molecule has 0 spiro atoms. The average molecular weight is 1170 g/mol. The van der Waals surface area contributed by atoms with Gasteiger partial charge in [-0.15, -0.1) is 0 Å². The first-order chi connectivity index (χ1) is 39.0. The van der Waals surface area contributed by atoms with Crippen molar-refractivity contribution in [2.75, 3.05) is 26.4 Å². The van der Waals surface area contributed by atoms with Crippen LogP contribution in [-0.2, 0) is 33.2 Å². The molecule has 1 amide bonds. The van der Waals surface area contributed by atoms with E-state index in [-0.39, 0.29) is 12.8 Å². The Morgan fingerprint density at radius 2 is 0.889 bits per heavy atom. The zero-order valence-corrected chi connectivity index (χ0v) is 49.7. The summed E-state index contributed by atoms with van der Waals surface area (Å²) >= 11 is 0. The fourth-order valence-electron chi connectivity index (χ4n) is 11.2. The number of unbranched alkanes of at least 4 members (excludes halogenated alkanes) is 27. The molecule has 0 aromatic rings. The van der Waals surface area contributed by atoms with Gasteiger partial charge < -0.3 is 100 Å². The number of aliphatic hydroxyl groups excluding tert-OH is 13. The molecule has 21 nitrogen and oxygen atoms in total. The van der Waals surface area contributed by atoms with Gasteiger partial charge in [0.05, 0.1) is 38.6 Å². The smallest absolute Gasteiger partial charge is 0.249 e. The summed E-state index contributed by atoms with van der Waals surface area (Å²) in [6.07, 6.45) is 4.75. The van der Waals surface area contributed by atoms with Crippen LogP contribution in [0.3, 0.4) is 0 Å². The average Bonchev–Trinajstić information content (AvgIpc) is 4.10. The molecule has 480 valence electrons. The minimum atomic E-state index is -1.96. The van der Waals surface area contributed by atoms with Gasteiger partial charge in [-0.05, 0) is 18.8 Å². The van der Waals surface area contributed by atoms with Crippen molar-refractivity contribution in [1.29, 1.82) is 0 Å². The topological polar surface area (TPSA) is 347 Å². The minimum absolute atomic E-state index is 0.158. The number of carbonyl (C=O) groups is 1. The van der Waals surface area contributed by atoms with E-state index in [2.05, 4.69) is 26.1 Å². The number of amides is 1. The molecule has 3 aliphatic heterocycles. The molecule has 3 heterocycles. The summed E-state index contributed by atoms with van der Waals surface area (Å²) < 4.78 is 34.6. The SMILES string of the molecule is CCCCCCCCCCCCCCCCCCCCCC[C@@H](O)C(=O)N[C@@H](CO[C@H]1O[C@H](CO)[C@H](O)[C@H](O[C@@H]2O[C@@H]([C@@H](O)CO)[C@H](O)[C@H]2O[C@H]2O[C@@H]([C@@H](O)CO)[C@H](O)[C@H]2O)[C@H]1O)[C@H](O)[C@H](O)CCCCCCCCCCCC(C)C. The maximum Gasteiger partial charge on any atom is 0.249 e. The van der Waals surface area contributed by atoms with Crippen molar-refractivity contribution < 1.29 is 99.6 Å². The highest BCUT2D eigenvalue weighted by atomic mass is 16.8. The maximum atomic E-state index is 13.6. The third-order valence-electron chi connectivity index (χ3n) is 16.5. The third-order valence-corrected chi connectivity index (χ3v) is 16.5. The van der Waals surface area contributed by atoms with Crippen LogP contribution in [0.25, 0.3) is 0 Å². The molecule has 21 heteroatoms. The number of carbonyl (C=O) groups excluding carboxylic acids is 1. The van der Waals surface area contributed by atoms with Gasteiger partial charge >= 0.3 is 0 Å². The lowest BCUT2D eigenvalue weighted by molar-refractivity contribution is -0.338. The van der Waals surface area contributed by atoms with E-state index in [1.54, 1.807) is 0 Å². The molecular formula is C60H115NO20. The Balaban J connectivity index is 1.57. The van der Waals surface area contributed by atoms with Crippen LogP contribution in [0.2, 0.25) is 0 Å². The molecule has 3 rings (SSSR count). The van der Waals surface area contributed by atoms with Crippen molar-refractivity contribution in [2.24, 2.45) is 5.92 Å². The number of hydrogen-bond acceptors (Lipinski definition) is 20. The van der Waals surface area contributed by atoms with Gasteiger partial charge in [0.1, 0.15) is 85.5 Å². The van der Waals surface area contributed by atoms with Crippen LogP contribution in [0.4, 0.5) is 0 Å². The normalized spacial score (nSPS) is 29.3. The van der Waals surface area contributed by atoms with E-state index in [9.17, 15) is 71.2 Å². The molecule has 0 aliphatic carbocycles. The van der Waals surface area contributed by atoms with E-state index in [4.69, 9.17) is 28.4 Å². The lowest BCUT2D eigenvalue weighted by Crippen LogP contribution is -2.62. The van der Waals surface area contributed by atoms with Crippen molar-refractivity contribution in [3.8, 4) is 0 Å². The van der Waals surface area contributed by atoms with Crippen LogP contribution in [0, 0.1) is 5.92 Å². The molecule has 0 saturated carbocycles. The fourth-order valence-corrected chi connectivity index (χ4v) is 11.2. The summed E-state index contributed by atoms with van der Waals surface area (Å²) in [5.41, 5.74) is 0. The van der Waals surface area contributed by atoms with E-state index in [0.717, 1.165) is 51.4 Å². The lowest BCUT2D eigenvalue weighted by atomic mass is 9.98. The molecule has 0 bridgehead atoms. The molecule has 0 radical (unpaired) electrons. The molecule has 14 N–H and O–H groups in total. The standard InChI is InChI=1S/C60H115NO20/c1-4-5-6-7-8-9-10-11-12-13-14-15-16-17-18-19-22-26-29-32-35-43(66)57(75)61-41(47(69)42(65)34-31-28-25-23-20-21-24-27-30-33-40(2)3)39-76-58-52(74)55(48(70)46(38-64)77-58)80-60-56(51(73)54(79-60)45(68)37-63)81-59-50(72)49(71)53(78-59)44(67)36-62/h40-56,58-60,62-74H,4-39H2,1-3H3,(H,61,75)/t41-,42+,43+,44-,45-,46+,47-,48-,49+,50+,51-,52+,53-,54-,55-,56+,58-,59+,60-/m0/s1. The fraction of sp³-hybridized carbons (Fsp3) is 0.983. The van der Waals surface area contributed by atoms with Gasteiger partial charge in [0.15, 0.2) is 18.9 Å². The second-order valence-corrected chi connectivity index (χ2v) is 24.0. The van der Waals surface area contributed by atoms with Crippen molar-refractivity contribution >= 4 is 5.91 Å². The zero-order chi connectivity index (χ0) is 59.5. The summed E-state index contributed by atoms with van der Waals surface area (Å²) in [6, 6.07) is -1.37. The highest BCUT2D eigenvalue weighted by molar-refractivity contribution is 5.80. The Bertz CT molecular complexity index is 1540. The number of ether oxygens (including phenoxy) is 6. The summed E-state index contributed by atoms with van der Waals surface area (Å²) in [5, 5.41) is 142. The van der Waals surface area contributed by atoms with Crippen LogP contribution >= 0.6 is 0 Å². The Morgan fingerprint density at radius 3 is 1.35 bits per heavy atom. The Hall–Kier alpha value is -1.29. The van der Waals surface area contributed by atoms with Crippen molar-refractivity contribution in [3.63, 3.8) is 0 Å². The number of rotatable bonds is 49. The molecule has 0 unspecified atom stereocenters. The monoisotopic (exact) mass is 1170 g/mol. The molecular weight excluding hydrogens is 1050 g/mol. The highest BCUT2D eigenvalue weighted by Gasteiger charge is 2.56. The van der Waals surface area contributed by atoms with Gasteiger partial charge in [-0.3, -0.25) is 4.79 Å². The van der Waals surface area contributed by atoms with Gasteiger partial charge in [-0.2, -0.15) is 0 Å². The van der Waals surface area contributed by atoms with E-state index in [1.165, 1.54) is 128 Å². The predicted octanol–water partition coefficient (Wildman–Crippen LogP) is 4.18. The van der Waals surface area contributed by atoms with E-state index in [0.29, 0.717) is 18.8 Å². The Labute approximate surface area is 484 Å². The summed E-state index contributed by atoms with van der Waals surface area (Å²) in [4.78, 5) is 13.6. The Morgan fingerprint density at radius 1 is 0.469 bits per heavy atom. The van der Waals surface area contributed by atoms with Gasteiger partial charge in [0.25, 0.3) is 0 Å². The quantitative estimate of drug-likeness (QED) is 0.0380. The van der Waals surface area contributed by atoms with Crippen molar-refractivity contribution in [1.82, 2.24) is 5.32 Å². The van der Waals surface area contributed by atoms with E-state index < -0.39 is 149 Å². The largest absolute Gasteiger partial charge is 0.394 e. The zero-order valence-electron chi connectivity index (χ0n) is 49.7. The summed E-state index contributed by atoms with van der Waals surface area (Å²) in [6.45, 7) is 3.49. The van der Waals surface area contributed by atoms with Gasteiger partial charge in [-0.1, -0.05) is 213 Å². The molecule has 0 aromatic carbocycles. The minimum Gasteiger partial charge on any atom is -0.394 e. The first kappa shape index (κ1) is 74.0. The van der Waals surface area contributed by atoms with E-state index >= 15 is 0 Å². The Kier molecular flexibility index (Phi) is 39.6. The van der Waals surface area contributed by atoms with Crippen LogP contribution in [0.1, 0.15) is 226 Å². The van der Waals surface area contributed by atoms with Gasteiger partial charge in [0.2, 0.25) is 5.91 Å². The van der Waals surface area contributed by atoms with Crippen LogP contribution < -0.4 is 5.32 Å². The molecule has 3 saturated heterocycles. The second-order valence-electron chi connectivity index (χ2n) is 24.0. The second kappa shape index (κ2) is 43.4. The molecule has 0 aromatic heterocycles. The molecule has 81 heavy (non-hydrogen) atoms. The number of hydrogen-bond donors (Lipinski definition) is 14. The molecule has 3 fully saturated rings. The lowest BCUT2D eigenvalue weighted by Gasteiger charge is -2.43. The van der Waals surface area contributed by atoms with E-state index in [1.807, 2.05) is 0 Å². The van der Waals surface area contributed by atoms with Crippen molar-refractivity contribution in [3.05, 3.63) is 0 Å². The summed E-state index contributed by atoms with van der Waals surface area (Å²) in [5.74, 6) is -0.0955. The van der Waals surface area contributed by atoms with Gasteiger partial charge in [-0.25, -0.2) is 0 Å². The number of nitrogens with one attached hydrogen (secondary N) is 1. The third kappa shape index (κ3) is 27.5. The van der Waals surface area contributed by atoms with Crippen molar-refractivity contribution in [2.45, 2.75) is 343 Å². The van der Waals surface area contributed by atoms with Gasteiger partial charge in [0, 0.05) is 0 Å². The molecule has 3 aliphatic rings. The number of aliphatic hydroxyl groups is 13. The first-order valence-corrected chi connectivity index (χ1v) is 31.8. The summed E-state index contributed by atoms with van der Waals surface area (Å²) in [7, 11) is 0.